The third-order valence-corrected chi connectivity index (χ3v) is 3.11. The van der Waals surface area contributed by atoms with E-state index in [9.17, 15) is 4.39 Å². The summed E-state index contributed by atoms with van der Waals surface area (Å²) in [7, 11) is 1.87. The maximum absolute atomic E-state index is 13.3. The van der Waals surface area contributed by atoms with E-state index in [0.29, 0.717) is 12.4 Å². The van der Waals surface area contributed by atoms with Crippen molar-refractivity contribution in [3.05, 3.63) is 65.5 Å². The zero-order valence-corrected chi connectivity index (χ0v) is 11.2. The van der Waals surface area contributed by atoms with Gasteiger partial charge in [-0.3, -0.25) is 0 Å². The highest BCUT2D eigenvalue weighted by Crippen LogP contribution is 2.26. The molecule has 3 heteroatoms. The second-order valence-electron chi connectivity index (χ2n) is 4.47. The maximum Gasteiger partial charge on any atom is 0.127 e. The summed E-state index contributed by atoms with van der Waals surface area (Å²) in [6.45, 7) is 2.45. The average Bonchev–Trinajstić information content (AvgIpc) is 2.45. The molecule has 1 atom stereocenters. The molecule has 0 heterocycles. The fraction of sp³-hybridized carbons (Fsp3) is 0.250. The molecule has 0 aliphatic rings. The lowest BCUT2D eigenvalue weighted by Crippen LogP contribution is -2.14. The van der Waals surface area contributed by atoms with Crippen LogP contribution in [0.2, 0.25) is 0 Å². The molecule has 19 heavy (non-hydrogen) atoms. The van der Waals surface area contributed by atoms with Gasteiger partial charge < -0.3 is 10.1 Å². The molecule has 0 saturated carbocycles. The smallest absolute Gasteiger partial charge is 0.127 e. The van der Waals surface area contributed by atoms with E-state index in [4.69, 9.17) is 4.74 Å². The van der Waals surface area contributed by atoms with Gasteiger partial charge in [0.25, 0.3) is 0 Å². The predicted octanol–water partition coefficient (Wildman–Crippen LogP) is 3.69. The van der Waals surface area contributed by atoms with Crippen molar-refractivity contribution < 1.29 is 9.13 Å². The number of benzene rings is 2. The zero-order chi connectivity index (χ0) is 13.7. The first-order chi connectivity index (χ1) is 9.20. The van der Waals surface area contributed by atoms with Crippen molar-refractivity contribution in [2.75, 3.05) is 7.05 Å². The second kappa shape index (κ2) is 6.34. The van der Waals surface area contributed by atoms with Crippen LogP contribution < -0.4 is 10.1 Å². The molecule has 0 bridgehead atoms. The highest BCUT2D eigenvalue weighted by atomic mass is 19.1. The largest absolute Gasteiger partial charge is 0.488 e. The maximum atomic E-state index is 13.3. The molecule has 0 fully saturated rings. The monoisotopic (exact) mass is 259 g/mol. The molecule has 0 aliphatic heterocycles. The summed E-state index contributed by atoms with van der Waals surface area (Å²) in [5, 5.41) is 3.14. The van der Waals surface area contributed by atoms with Crippen LogP contribution in [0.25, 0.3) is 0 Å². The number of rotatable bonds is 5. The van der Waals surface area contributed by atoms with Crippen molar-refractivity contribution >= 4 is 0 Å². The van der Waals surface area contributed by atoms with Crippen LogP contribution in [0, 0.1) is 5.82 Å². The minimum Gasteiger partial charge on any atom is -0.488 e. The molecule has 0 saturated heterocycles. The molecule has 1 N–H and O–H groups in total. The van der Waals surface area contributed by atoms with Crippen LogP contribution in [-0.2, 0) is 6.61 Å². The van der Waals surface area contributed by atoms with E-state index in [2.05, 4.69) is 5.32 Å². The first-order valence-corrected chi connectivity index (χ1v) is 6.34. The third kappa shape index (κ3) is 3.55. The number of halogens is 1. The van der Waals surface area contributed by atoms with Gasteiger partial charge in [-0.1, -0.05) is 36.4 Å². The van der Waals surface area contributed by atoms with E-state index in [1.807, 2.05) is 44.3 Å². The van der Waals surface area contributed by atoms with Crippen LogP contribution in [0.4, 0.5) is 4.39 Å². The Labute approximate surface area is 113 Å². The van der Waals surface area contributed by atoms with Crippen molar-refractivity contribution in [1.82, 2.24) is 5.32 Å². The van der Waals surface area contributed by atoms with Crippen LogP contribution in [0.15, 0.2) is 48.5 Å². The predicted molar refractivity (Wildman–Crippen MR) is 74.6 cm³/mol. The normalized spacial score (nSPS) is 12.2. The molecule has 2 aromatic carbocycles. The molecule has 100 valence electrons. The molecule has 0 aliphatic carbocycles. The van der Waals surface area contributed by atoms with E-state index < -0.39 is 0 Å². The molecule has 2 aromatic rings. The Morgan fingerprint density at radius 3 is 2.58 bits per heavy atom. The molecule has 1 unspecified atom stereocenters. The Balaban J connectivity index is 2.16. The first-order valence-electron chi connectivity index (χ1n) is 6.34. The van der Waals surface area contributed by atoms with Crippen LogP contribution >= 0.6 is 0 Å². The van der Waals surface area contributed by atoms with Crippen LogP contribution in [0.5, 0.6) is 5.75 Å². The van der Waals surface area contributed by atoms with Gasteiger partial charge in [-0.2, -0.15) is 0 Å². The Morgan fingerprint density at radius 2 is 1.89 bits per heavy atom. The lowest BCUT2D eigenvalue weighted by molar-refractivity contribution is 0.298. The Hall–Kier alpha value is -1.87. The van der Waals surface area contributed by atoms with Crippen molar-refractivity contribution in [1.29, 1.82) is 0 Å². The first kappa shape index (κ1) is 13.6. The SMILES string of the molecule is CNC(C)c1ccc(F)cc1OCc1ccccc1. The molecular weight excluding hydrogens is 241 g/mol. The quantitative estimate of drug-likeness (QED) is 0.884. The van der Waals surface area contributed by atoms with Gasteiger partial charge in [-0.15, -0.1) is 0 Å². The summed E-state index contributed by atoms with van der Waals surface area (Å²) in [6, 6.07) is 14.6. The molecule has 0 radical (unpaired) electrons. The van der Waals surface area contributed by atoms with Gasteiger partial charge in [-0.25, -0.2) is 4.39 Å². The lowest BCUT2D eigenvalue weighted by atomic mass is 10.1. The van der Waals surface area contributed by atoms with Crippen molar-refractivity contribution in [2.24, 2.45) is 0 Å². The minimum absolute atomic E-state index is 0.117. The van der Waals surface area contributed by atoms with Gasteiger partial charge in [0, 0.05) is 17.7 Å². The number of hydrogen-bond donors (Lipinski definition) is 1. The van der Waals surface area contributed by atoms with Gasteiger partial charge in [0.2, 0.25) is 0 Å². The Bertz CT molecular complexity index is 528. The third-order valence-electron chi connectivity index (χ3n) is 3.11. The van der Waals surface area contributed by atoms with E-state index in [0.717, 1.165) is 11.1 Å². The van der Waals surface area contributed by atoms with Crippen molar-refractivity contribution in [3.63, 3.8) is 0 Å². The van der Waals surface area contributed by atoms with Gasteiger partial charge in [0.05, 0.1) is 0 Å². The Morgan fingerprint density at radius 1 is 1.16 bits per heavy atom. The van der Waals surface area contributed by atoms with E-state index in [1.165, 1.54) is 12.1 Å². The molecule has 0 amide bonds. The average molecular weight is 259 g/mol. The van der Waals surface area contributed by atoms with E-state index in [-0.39, 0.29) is 11.9 Å². The molecule has 0 aromatic heterocycles. The van der Waals surface area contributed by atoms with Crippen LogP contribution in [0.1, 0.15) is 24.1 Å². The highest BCUT2D eigenvalue weighted by molar-refractivity contribution is 5.36. The van der Waals surface area contributed by atoms with Crippen molar-refractivity contribution in [3.8, 4) is 5.75 Å². The van der Waals surface area contributed by atoms with Gasteiger partial charge in [-0.05, 0) is 25.6 Å². The molecule has 0 spiro atoms. The van der Waals surface area contributed by atoms with Crippen LogP contribution in [-0.4, -0.2) is 7.05 Å². The molecular formula is C16H18FNO. The summed E-state index contributed by atoms with van der Waals surface area (Å²) >= 11 is 0. The van der Waals surface area contributed by atoms with Crippen molar-refractivity contribution in [2.45, 2.75) is 19.6 Å². The highest BCUT2D eigenvalue weighted by Gasteiger charge is 2.11. The fourth-order valence-corrected chi connectivity index (χ4v) is 1.88. The number of ether oxygens (including phenoxy) is 1. The van der Waals surface area contributed by atoms with Gasteiger partial charge in [0.15, 0.2) is 0 Å². The number of nitrogens with one attached hydrogen (secondary N) is 1. The zero-order valence-electron chi connectivity index (χ0n) is 11.2. The summed E-state index contributed by atoms with van der Waals surface area (Å²) in [6.07, 6.45) is 0. The Kier molecular flexibility index (Phi) is 4.53. The van der Waals surface area contributed by atoms with Gasteiger partial charge in [0.1, 0.15) is 18.2 Å². The summed E-state index contributed by atoms with van der Waals surface area (Å²) < 4.78 is 19.1. The van der Waals surface area contributed by atoms with E-state index in [1.54, 1.807) is 6.07 Å². The van der Waals surface area contributed by atoms with Gasteiger partial charge >= 0.3 is 0 Å². The fourth-order valence-electron chi connectivity index (χ4n) is 1.88. The summed E-state index contributed by atoms with van der Waals surface area (Å²) in [5.74, 6) is 0.306. The lowest BCUT2D eigenvalue weighted by Gasteiger charge is -2.16. The minimum atomic E-state index is -0.282. The standard InChI is InChI=1S/C16H18FNO/c1-12(18-2)15-9-8-14(17)10-16(15)19-11-13-6-4-3-5-7-13/h3-10,12,18H,11H2,1-2H3. The second-order valence-corrected chi connectivity index (χ2v) is 4.47. The molecule has 2 nitrogen and oxygen atoms in total. The van der Waals surface area contributed by atoms with Crippen LogP contribution in [0.3, 0.4) is 0 Å². The summed E-state index contributed by atoms with van der Waals surface area (Å²) in [4.78, 5) is 0. The van der Waals surface area contributed by atoms with E-state index >= 15 is 0 Å². The molecule has 2 rings (SSSR count). The summed E-state index contributed by atoms with van der Waals surface area (Å²) in [5.41, 5.74) is 2.02. The topological polar surface area (TPSA) is 21.3 Å². The number of hydrogen-bond acceptors (Lipinski definition) is 2.